The molecule has 0 bridgehead atoms. The molecule has 0 aliphatic rings. The molecule has 5 heteroatoms. The summed E-state index contributed by atoms with van der Waals surface area (Å²) in [6, 6.07) is 13.2. The summed E-state index contributed by atoms with van der Waals surface area (Å²) in [6.45, 7) is 0. The zero-order valence-corrected chi connectivity index (χ0v) is 11.3. The maximum Gasteiger partial charge on any atom is 0.337 e. The number of carbonyl (C=O) groups excluding carboxylic acids is 1. The summed E-state index contributed by atoms with van der Waals surface area (Å²) in [6.07, 6.45) is 0. The fourth-order valence-electron chi connectivity index (χ4n) is 1.58. The highest BCUT2D eigenvalue weighted by Crippen LogP contribution is 2.28. The highest BCUT2D eigenvalue weighted by atomic mass is 35.5. The number of esters is 1. The predicted octanol–water partition coefficient (Wildman–Crippen LogP) is 3.79. The molecule has 4 nitrogen and oxygen atoms in total. The van der Waals surface area contributed by atoms with Crippen molar-refractivity contribution in [1.82, 2.24) is 0 Å². The summed E-state index contributed by atoms with van der Waals surface area (Å²) in [5, 5.41) is 9.48. The molecule has 0 fully saturated rings. The van der Waals surface area contributed by atoms with Crippen LogP contribution in [0.25, 0.3) is 0 Å². The first-order valence-electron chi connectivity index (χ1n) is 5.70. The van der Waals surface area contributed by atoms with E-state index in [1.165, 1.54) is 7.11 Å². The molecule has 20 heavy (non-hydrogen) atoms. The van der Waals surface area contributed by atoms with E-state index in [0.717, 1.165) is 0 Å². The van der Waals surface area contributed by atoms with Gasteiger partial charge < -0.3 is 9.47 Å². The minimum absolute atomic E-state index is 0.366. The third-order valence-corrected chi connectivity index (χ3v) is 2.80. The van der Waals surface area contributed by atoms with Crippen molar-refractivity contribution < 1.29 is 14.3 Å². The first-order chi connectivity index (χ1) is 9.63. The van der Waals surface area contributed by atoms with Crippen molar-refractivity contribution in [2.24, 2.45) is 0 Å². The number of carbonyl (C=O) groups is 1. The number of hydrogen-bond donors (Lipinski definition) is 0. The molecule has 0 unspecified atom stereocenters. The van der Waals surface area contributed by atoms with Crippen LogP contribution in [-0.4, -0.2) is 13.1 Å². The van der Waals surface area contributed by atoms with E-state index in [9.17, 15) is 4.79 Å². The second-order valence-electron chi connectivity index (χ2n) is 3.87. The molecule has 2 aromatic rings. The Hall–Kier alpha value is -2.51. The summed E-state index contributed by atoms with van der Waals surface area (Å²) in [7, 11) is 1.32. The molecule has 2 rings (SSSR count). The van der Waals surface area contributed by atoms with E-state index in [-0.39, 0.29) is 0 Å². The summed E-state index contributed by atoms with van der Waals surface area (Å²) in [4.78, 5) is 11.3. The monoisotopic (exact) mass is 287 g/mol. The predicted molar refractivity (Wildman–Crippen MR) is 74.0 cm³/mol. The molecular formula is C15H10ClNO3. The maximum atomic E-state index is 11.3. The minimum Gasteiger partial charge on any atom is -0.465 e. The lowest BCUT2D eigenvalue weighted by Crippen LogP contribution is -2.00. The molecule has 0 N–H and O–H groups in total. The van der Waals surface area contributed by atoms with Crippen molar-refractivity contribution >= 4 is 17.6 Å². The molecule has 0 spiro atoms. The van der Waals surface area contributed by atoms with Gasteiger partial charge in [-0.3, -0.25) is 0 Å². The topological polar surface area (TPSA) is 59.3 Å². The number of rotatable bonds is 3. The van der Waals surface area contributed by atoms with Gasteiger partial charge in [0, 0.05) is 11.1 Å². The molecule has 0 amide bonds. The Morgan fingerprint density at radius 1 is 1.20 bits per heavy atom. The third-order valence-electron chi connectivity index (χ3n) is 2.57. The largest absolute Gasteiger partial charge is 0.465 e. The van der Waals surface area contributed by atoms with Crippen molar-refractivity contribution in [1.29, 1.82) is 5.26 Å². The summed E-state index contributed by atoms with van der Waals surface area (Å²) in [5.41, 5.74) is 0.804. The SMILES string of the molecule is COC(=O)c1ccc(Oc2cc(Cl)ccc2C#N)cc1. The summed E-state index contributed by atoms with van der Waals surface area (Å²) >= 11 is 5.88. The Labute approximate surface area is 121 Å². The molecule has 2 aromatic carbocycles. The highest BCUT2D eigenvalue weighted by Gasteiger charge is 2.08. The van der Waals surface area contributed by atoms with Crippen molar-refractivity contribution in [3.8, 4) is 17.6 Å². The Morgan fingerprint density at radius 3 is 2.50 bits per heavy atom. The number of nitriles is 1. The fraction of sp³-hybridized carbons (Fsp3) is 0.0667. The summed E-state index contributed by atoms with van der Waals surface area (Å²) in [5.74, 6) is 0.444. The Balaban J connectivity index is 2.25. The molecule has 0 radical (unpaired) electrons. The van der Waals surface area contributed by atoms with Crippen LogP contribution in [0.5, 0.6) is 11.5 Å². The Kier molecular flexibility index (Phi) is 4.24. The van der Waals surface area contributed by atoms with E-state index < -0.39 is 5.97 Å². The van der Waals surface area contributed by atoms with Crippen molar-refractivity contribution in [3.63, 3.8) is 0 Å². The van der Waals surface area contributed by atoms with Crippen LogP contribution in [0.1, 0.15) is 15.9 Å². The lowest BCUT2D eigenvalue weighted by Gasteiger charge is -2.08. The van der Waals surface area contributed by atoms with Crippen LogP contribution < -0.4 is 4.74 Å². The van der Waals surface area contributed by atoms with Gasteiger partial charge in [-0.05, 0) is 36.4 Å². The number of ether oxygens (including phenoxy) is 2. The van der Waals surface area contributed by atoms with Crippen LogP contribution in [0.2, 0.25) is 5.02 Å². The highest BCUT2D eigenvalue weighted by molar-refractivity contribution is 6.30. The minimum atomic E-state index is -0.419. The zero-order valence-electron chi connectivity index (χ0n) is 10.6. The van der Waals surface area contributed by atoms with Crippen LogP contribution in [-0.2, 0) is 4.74 Å². The van der Waals surface area contributed by atoms with E-state index in [1.807, 2.05) is 6.07 Å². The van der Waals surface area contributed by atoms with Gasteiger partial charge >= 0.3 is 5.97 Å². The lowest BCUT2D eigenvalue weighted by atomic mass is 10.2. The zero-order chi connectivity index (χ0) is 14.5. The van der Waals surface area contributed by atoms with E-state index in [0.29, 0.717) is 27.6 Å². The fourth-order valence-corrected chi connectivity index (χ4v) is 1.74. The van der Waals surface area contributed by atoms with E-state index in [1.54, 1.807) is 42.5 Å². The van der Waals surface area contributed by atoms with Gasteiger partial charge in [-0.25, -0.2) is 4.79 Å². The number of hydrogen-bond acceptors (Lipinski definition) is 4. The molecule has 0 aliphatic heterocycles. The van der Waals surface area contributed by atoms with Gasteiger partial charge in [-0.15, -0.1) is 0 Å². The average molecular weight is 288 g/mol. The third kappa shape index (κ3) is 3.08. The quantitative estimate of drug-likeness (QED) is 0.806. The molecular weight excluding hydrogens is 278 g/mol. The number of benzene rings is 2. The second kappa shape index (κ2) is 6.09. The number of methoxy groups -OCH3 is 1. The van der Waals surface area contributed by atoms with Crippen molar-refractivity contribution in [2.45, 2.75) is 0 Å². The van der Waals surface area contributed by atoms with Crippen LogP contribution in [0.15, 0.2) is 42.5 Å². The van der Waals surface area contributed by atoms with Crippen molar-refractivity contribution in [3.05, 3.63) is 58.6 Å². The molecule has 100 valence electrons. The van der Waals surface area contributed by atoms with Gasteiger partial charge in [0.05, 0.1) is 18.2 Å². The average Bonchev–Trinajstić information content (AvgIpc) is 2.47. The summed E-state index contributed by atoms with van der Waals surface area (Å²) < 4.78 is 10.2. The van der Waals surface area contributed by atoms with Gasteiger partial charge in [0.1, 0.15) is 17.6 Å². The molecule has 0 atom stereocenters. The first-order valence-corrected chi connectivity index (χ1v) is 6.07. The van der Waals surface area contributed by atoms with Gasteiger partial charge in [-0.1, -0.05) is 11.6 Å². The maximum absolute atomic E-state index is 11.3. The van der Waals surface area contributed by atoms with Gasteiger partial charge in [0.25, 0.3) is 0 Å². The van der Waals surface area contributed by atoms with Crippen LogP contribution in [0, 0.1) is 11.3 Å². The van der Waals surface area contributed by atoms with Gasteiger partial charge in [-0.2, -0.15) is 5.26 Å². The van der Waals surface area contributed by atoms with Gasteiger partial charge in [0.2, 0.25) is 0 Å². The van der Waals surface area contributed by atoms with Crippen molar-refractivity contribution in [2.75, 3.05) is 7.11 Å². The second-order valence-corrected chi connectivity index (χ2v) is 4.31. The standard InChI is InChI=1S/C15H10ClNO3/c1-19-15(18)10-3-6-13(7-4-10)20-14-8-12(16)5-2-11(14)9-17/h2-8H,1H3. The molecule has 0 aromatic heterocycles. The number of nitrogens with zero attached hydrogens (tertiary/aromatic N) is 1. The smallest absolute Gasteiger partial charge is 0.337 e. The van der Waals surface area contributed by atoms with E-state index in [2.05, 4.69) is 4.74 Å². The normalized spacial score (nSPS) is 9.65. The Morgan fingerprint density at radius 2 is 1.90 bits per heavy atom. The number of halogens is 1. The molecule has 0 aliphatic carbocycles. The molecule has 0 saturated carbocycles. The van der Waals surface area contributed by atoms with Crippen LogP contribution in [0.4, 0.5) is 0 Å². The van der Waals surface area contributed by atoms with E-state index in [4.69, 9.17) is 21.6 Å². The van der Waals surface area contributed by atoms with Gasteiger partial charge in [0.15, 0.2) is 0 Å². The van der Waals surface area contributed by atoms with Crippen LogP contribution in [0.3, 0.4) is 0 Å². The molecule has 0 saturated heterocycles. The van der Waals surface area contributed by atoms with E-state index >= 15 is 0 Å². The van der Waals surface area contributed by atoms with Crippen LogP contribution >= 0.6 is 11.6 Å². The lowest BCUT2D eigenvalue weighted by molar-refractivity contribution is 0.0600. The Bertz CT molecular complexity index is 675. The first kappa shape index (κ1) is 13.9. The molecule has 0 heterocycles.